The SMILES string of the molecule is CC(NC(=O)CN(C)c1ccccc1F)C1CC2CCC1C2. The normalized spacial score (nSPS) is 27.7. The number of fused-ring (bicyclic) bond motifs is 2. The van der Waals surface area contributed by atoms with Crippen LogP contribution >= 0.6 is 0 Å². The molecule has 0 saturated heterocycles. The van der Waals surface area contributed by atoms with E-state index in [-0.39, 0.29) is 24.3 Å². The van der Waals surface area contributed by atoms with Crippen molar-refractivity contribution in [1.29, 1.82) is 0 Å². The number of benzene rings is 1. The zero-order valence-electron chi connectivity index (χ0n) is 13.4. The molecule has 22 heavy (non-hydrogen) atoms. The number of hydrogen-bond donors (Lipinski definition) is 1. The van der Waals surface area contributed by atoms with Gasteiger partial charge in [0, 0.05) is 13.1 Å². The van der Waals surface area contributed by atoms with Crippen LogP contribution in [0.4, 0.5) is 10.1 Å². The van der Waals surface area contributed by atoms with Crippen molar-refractivity contribution in [3.05, 3.63) is 30.1 Å². The Morgan fingerprint density at radius 1 is 1.36 bits per heavy atom. The van der Waals surface area contributed by atoms with Crippen molar-refractivity contribution in [2.45, 2.75) is 38.6 Å². The van der Waals surface area contributed by atoms with Crippen molar-refractivity contribution in [2.75, 3.05) is 18.5 Å². The van der Waals surface area contributed by atoms with Crippen LogP contribution in [0.3, 0.4) is 0 Å². The summed E-state index contributed by atoms with van der Waals surface area (Å²) in [5.74, 6) is 1.99. The Hall–Kier alpha value is -1.58. The van der Waals surface area contributed by atoms with Gasteiger partial charge in [0.2, 0.25) is 5.91 Å². The molecular weight excluding hydrogens is 279 g/mol. The van der Waals surface area contributed by atoms with Crippen molar-refractivity contribution >= 4 is 11.6 Å². The van der Waals surface area contributed by atoms with Crippen molar-refractivity contribution in [3.63, 3.8) is 0 Å². The van der Waals surface area contributed by atoms with Gasteiger partial charge in [-0.05, 0) is 56.1 Å². The smallest absolute Gasteiger partial charge is 0.239 e. The van der Waals surface area contributed by atoms with E-state index in [2.05, 4.69) is 12.2 Å². The third-order valence-electron chi connectivity index (χ3n) is 5.47. The molecule has 1 aromatic rings. The van der Waals surface area contributed by atoms with Crippen LogP contribution in [0, 0.1) is 23.6 Å². The second-order valence-corrected chi connectivity index (χ2v) is 7.00. The molecule has 0 radical (unpaired) electrons. The predicted octanol–water partition coefficient (Wildman–Crippen LogP) is 3.20. The Morgan fingerprint density at radius 3 is 2.77 bits per heavy atom. The molecule has 2 bridgehead atoms. The molecule has 3 nitrogen and oxygen atoms in total. The summed E-state index contributed by atoms with van der Waals surface area (Å²) in [5, 5.41) is 3.12. The number of carbonyl (C=O) groups excluding carboxylic acids is 1. The molecule has 2 fully saturated rings. The highest BCUT2D eigenvalue weighted by molar-refractivity contribution is 5.81. The van der Waals surface area contributed by atoms with Gasteiger partial charge in [0.05, 0.1) is 12.2 Å². The van der Waals surface area contributed by atoms with E-state index in [1.54, 1.807) is 30.1 Å². The van der Waals surface area contributed by atoms with E-state index in [1.807, 2.05) is 0 Å². The molecule has 0 aromatic heterocycles. The summed E-state index contributed by atoms with van der Waals surface area (Å²) < 4.78 is 13.7. The number of para-hydroxylation sites is 1. The number of halogens is 1. The average molecular weight is 304 g/mol. The van der Waals surface area contributed by atoms with Gasteiger partial charge >= 0.3 is 0 Å². The first kappa shape index (κ1) is 15.3. The van der Waals surface area contributed by atoms with Crippen LogP contribution in [0.25, 0.3) is 0 Å². The van der Waals surface area contributed by atoms with Crippen LogP contribution < -0.4 is 10.2 Å². The number of anilines is 1. The molecule has 1 amide bonds. The van der Waals surface area contributed by atoms with Crippen molar-refractivity contribution < 1.29 is 9.18 Å². The van der Waals surface area contributed by atoms with Gasteiger partial charge in [-0.2, -0.15) is 0 Å². The molecular formula is C18H25FN2O. The molecule has 4 atom stereocenters. The fraction of sp³-hybridized carbons (Fsp3) is 0.611. The molecule has 1 aromatic carbocycles. The summed E-state index contributed by atoms with van der Waals surface area (Å²) in [6, 6.07) is 6.77. The van der Waals surface area contributed by atoms with Gasteiger partial charge in [-0.1, -0.05) is 18.6 Å². The third-order valence-corrected chi connectivity index (χ3v) is 5.47. The van der Waals surface area contributed by atoms with E-state index >= 15 is 0 Å². The van der Waals surface area contributed by atoms with Crippen molar-refractivity contribution in [2.24, 2.45) is 17.8 Å². The molecule has 0 heterocycles. The summed E-state index contributed by atoms with van der Waals surface area (Å²) in [6.45, 7) is 2.30. The number of nitrogens with zero attached hydrogens (tertiary/aromatic N) is 1. The lowest BCUT2D eigenvalue weighted by molar-refractivity contribution is -0.120. The summed E-state index contributed by atoms with van der Waals surface area (Å²) in [4.78, 5) is 13.9. The lowest BCUT2D eigenvalue weighted by atomic mass is 9.84. The monoisotopic (exact) mass is 304 g/mol. The average Bonchev–Trinajstić information content (AvgIpc) is 3.10. The van der Waals surface area contributed by atoms with E-state index in [0.717, 1.165) is 11.8 Å². The first-order valence-electron chi connectivity index (χ1n) is 8.29. The summed E-state index contributed by atoms with van der Waals surface area (Å²) in [6.07, 6.45) is 5.30. The van der Waals surface area contributed by atoms with Crippen LogP contribution in [0.15, 0.2) is 24.3 Å². The van der Waals surface area contributed by atoms with E-state index in [4.69, 9.17) is 0 Å². The van der Waals surface area contributed by atoms with E-state index in [1.165, 1.54) is 31.7 Å². The zero-order valence-corrected chi connectivity index (χ0v) is 13.4. The maximum absolute atomic E-state index is 13.7. The molecule has 3 rings (SSSR count). The fourth-order valence-electron chi connectivity index (χ4n) is 4.37. The molecule has 4 heteroatoms. The minimum Gasteiger partial charge on any atom is -0.363 e. The highest BCUT2D eigenvalue weighted by Gasteiger charge is 2.42. The Balaban J connectivity index is 1.53. The molecule has 4 unspecified atom stereocenters. The summed E-state index contributed by atoms with van der Waals surface area (Å²) in [5.41, 5.74) is 0.463. The highest BCUT2D eigenvalue weighted by atomic mass is 19.1. The van der Waals surface area contributed by atoms with Gasteiger partial charge in [0.1, 0.15) is 5.82 Å². The largest absolute Gasteiger partial charge is 0.363 e. The molecule has 0 aliphatic heterocycles. The van der Waals surface area contributed by atoms with Gasteiger partial charge in [-0.15, -0.1) is 0 Å². The topological polar surface area (TPSA) is 32.3 Å². The molecule has 1 N–H and O–H groups in total. The van der Waals surface area contributed by atoms with Gasteiger partial charge in [-0.25, -0.2) is 4.39 Å². The zero-order chi connectivity index (χ0) is 15.7. The van der Waals surface area contributed by atoms with Gasteiger partial charge in [0.15, 0.2) is 0 Å². The van der Waals surface area contributed by atoms with Crippen molar-refractivity contribution in [1.82, 2.24) is 5.32 Å². The van der Waals surface area contributed by atoms with E-state index in [0.29, 0.717) is 11.6 Å². The number of rotatable bonds is 5. The predicted molar refractivity (Wildman–Crippen MR) is 86.2 cm³/mol. The summed E-state index contributed by atoms with van der Waals surface area (Å²) in [7, 11) is 1.75. The molecule has 2 aliphatic carbocycles. The van der Waals surface area contributed by atoms with E-state index < -0.39 is 0 Å². The lowest BCUT2D eigenvalue weighted by Crippen LogP contribution is -2.44. The van der Waals surface area contributed by atoms with Crippen LogP contribution in [-0.2, 0) is 4.79 Å². The molecule has 2 aliphatic rings. The van der Waals surface area contributed by atoms with Crippen LogP contribution in [0.2, 0.25) is 0 Å². The Labute approximate surface area is 131 Å². The first-order valence-corrected chi connectivity index (χ1v) is 8.29. The minimum absolute atomic E-state index is 0.0268. The van der Waals surface area contributed by atoms with Crippen molar-refractivity contribution in [3.8, 4) is 0 Å². The van der Waals surface area contributed by atoms with Crippen LogP contribution in [0.5, 0.6) is 0 Å². The van der Waals surface area contributed by atoms with E-state index in [9.17, 15) is 9.18 Å². The maximum Gasteiger partial charge on any atom is 0.239 e. The number of hydrogen-bond acceptors (Lipinski definition) is 2. The fourth-order valence-corrected chi connectivity index (χ4v) is 4.37. The summed E-state index contributed by atoms with van der Waals surface area (Å²) >= 11 is 0. The number of likely N-dealkylation sites (N-methyl/N-ethyl adjacent to an activating group) is 1. The minimum atomic E-state index is -0.293. The number of carbonyl (C=O) groups is 1. The Kier molecular flexibility index (Phi) is 4.37. The Morgan fingerprint density at radius 2 is 2.14 bits per heavy atom. The molecule has 0 spiro atoms. The standard InChI is InChI=1S/C18H25FN2O/c1-12(15-10-13-7-8-14(15)9-13)20-18(22)11-21(2)17-6-4-3-5-16(17)19/h3-6,12-15H,7-11H2,1-2H3,(H,20,22). The quantitative estimate of drug-likeness (QED) is 0.906. The van der Waals surface area contributed by atoms with Gasteiger partial charge in [0.25, 0.3) is 0 Å². The molecule has 120 valence electrons. The van der Waals surface area contributed by atoms with Gasteiger partial charge in [-0.3, -0.25) is 4.79 Å². The maximum atomic E-state index is 13.7. The highest BCUT2D eigenvalue weighted by Crippen LogP contribution is 2.49. The Bertz CT molecular complexity index is 548. The van der Waals surface area contributed by atoms with Gasteiger partial charge < -0.3 is 10.2 Å². The second kappa shape index (κ2) is 6.27. The second-order valence-electron chi connectivity index (χ2n) is 7.00. The first-order chi connectivity index (χ1) is 10.5. The number of amides is 1. The number of nitrogens with one attached hydrogen (secondary N) is 1. The van der Waals surface area contributed by atoms with Crippen LogP contribution in [-0.4, -0.2) is 25.5 Å². The molecule has 2 saturated carbocycles. The van der Waals surface area contributed by atoms with Crippen LogP contribution in [0.1, 0.15) is 32.6 Å². The third kappa shape index (κ3) is 3.11. The lowest BCUT2D eigenvalue weighted by Gasteiger charge is -2.29.